The van der Waals surface area contributed by atoms with Gasteiger partial charge in [-0.1, -0.05) is 25.1 Å². The molecule has 3 rings (SSSR count). The first-order valence-electron chi connectivity index (χ1n) is 7.11. The standard InChI is InChI=1S/C16H17N3O3/c1-16(6-7-16)11-5-3-2-4-10(11)15(21)18-8-13-19-12(9-22-13)14(17)20/h2-5,9H,6-8H2,1H3,(H2,17,20)(H,18,21). The highest BCUT2D eigenvalue weighted by Gasteiger charge is 2.41. The van der Waals surface area contributed by atoms with Crippen LogP contribution in [-0.4, -0.2) is 16.8 Å². The average Bonchev–Trinajstić information content (AvgIpc) is 3.08. The van der Waals surface area contributed by atoms with Crippen LogP contribution in [0.5, 0.6) is 0 Å². The first-order chi connectivity index (χ1) is 10.5. The molecule has 1 heterocycles. The SMILES string of the molecule is CC1(c2ccccc2C(=O)NCc2nc(C(N)=O)co2)CC1. The number of amides is 2. The fourth-order valence-corrected chi connectivity index (χ4v) is 2.42. The monoisotopic (exact) mass is 299 g/mol. The van der Waals surface area contributed by atoms with Gasteiger partial charge in [-0.05, 0) is 29.9 Å². The molecule has 3 N–H and O–H groups in total. The van der Waals surface area contributed by atoms with Crippen LogP contribution in [0.4, 0.5) is 0 Å². The summed E-state index contributed by atoms with van der Waals surface area (Å²) in [6, 6.07) is 7.61. The number of primary amides is 1. The molecule has 1 aliphatic rings. The fourth-order valence-electron chi connectivity index (χ4n) is 2.42. The zero-order valence-electron chi connectivity index (χ0n) is 12.3. The fraction of sp³-hybridized carbons (Fsp3) is 0.312. The van der Waals surface area contributed by atoms with Gasteiger partial charge in [0.15, 0.2) is 5.69 Å². The number of carbonyl (C=O) groups excluding carboxylic acids is 2. The summed E-state index contributed by atoms with van der Waals surface area (Å²) in [5, 5.41) is 2.76. The van der Waals surface area contributed by atoms with Crippen molar-refractivity contribution in [3.05, 3.63) is 53.2 Å². The lowest BCUT2D eigenvalue weighted by Gasteiger charge is -2.14. The maximum absolute atomic E-state index is 12.4. The van der Waals surface area contributed by atoms with Crippen molar-refractivity contribution in [1.82, 2.24) is 10.3 Å². The second-order valence-electron chi connectivity index (χ2n) is 5.78. The molecule has 1 aromatic carbocycles. The van der Waals surface area contributed by atoms with Gasteiger partial charge in [0.1, 0.15) is 6.26 Å². The van der Waals surface area contributed by atoms with Crippen LogP contribution >= 0.6 is 0 Å². The Morgan fingerprint density at radius 3 is 2.73 bits per heavy atom. The lowest BCUT2D eigenvalue weighted by atomic mass is 9.93. The molecular weight excluding hydrogens is 282 g/mol. The molecule has 0 saturated heterocycles. The van der Waals surface area contributed by atoms with E-state index in [1.165, 1.54) is 6.26 Å². The summed E-state index contributed by atoms with van der Waals surface area (Å²) >= 11 is 0. The second-order valence-corrected chi connectivity index (χ2v) is 5.78. The van der Waals surface area contributed by atoms with E-state index in [1.807, 2.05) is 24.3 Å². The Morgan fingerprint density at radius 1 is 1.36 bits per heavy atom. The predicted octanol–water partition coefficient (Wildman–Crippen LogP) is 1.75. The van der Waals surface area contributed by atoms with Crippen molar-refractivity contribution in [1.29, 1.82) is 0 Å². The molecule has 2 aromatic rings. The Kier molecular flexibility index (Phi) is 3.44. The summed E-state index contributed by atoms with van der Waals surface area (Å²) < 4.78 is 5.10. The second kappa shape index (κ2) is 5.29. The molecule has 0 radical (unpaired) electrons. The first kappa shape index (κ1) is 14.3. The topological polar surface area (TPSA) is 98.2 Å². The molecule has 0 unspecified atom stereocenters. The first-order valence-corrected chi connectivity index (χ1v) is 7.11. The minimum absolute atomic E-state index is 0.0511. The van der Waals surface area contributed by atoms with Crippen molar-refractivity contribution in [2.75, 3.05) is 0 Å². The van der Waals surface area contributed by atoms with Crippen LogP contribution in [0, 0.1) is 0 Å². The lowest BCUT2D eigenvalue weighted by Crippen LogP contribution is -2.25. The number of nitrogens with zero attached hydrogens (tertiary/aromatic N) is 1. The van der Waals surface area contributed by atoms with E-state index < -0.39 is 5.91 Å². The molecule has 2 amide bonds. The van der Waals surface area contributed by atoms with E-state index in [4.69, 9.17) is 10.2 Å². The molecule has 1 fully saturated rings. The Labute approximate surface area is 127 Å². The number of nitrogens with two attached hydrogens (primary N) is 1. The van der Waals surface area contributed by atoms with E-state index in [9.17, 15) is 9.59 Å². The Bertz CT molecular complexity index is 732. The van der Waals surface area contributed by atoms with Crippen LogP contribution in [0.3, 0.4) is 0 Å². The van der Waals surface area contributed by atoms with Crippen LogP contribution in [0.2, 0.25) is 0 Å². The molecule has 0 atom stereocenters. The number of carbonyl (C=O) groups is 2. The van der Waals surface area contributed by atoms with Crippen molar-refractivity contribution in [3.8, 4) is 0 Å². The summed E-state index contributed by atoms with van der Waals surface area (Å²) in [6.45, 7) is 2.27. The van der Waals surface area contributed by atoms with Crippen LogP contribution in [0.25, 0.3) is 0 Å². The third-order valence-corrected chi connectivity index (χ3v) is 4.03. The number of benzene rings is 1. The van der Waals surface area contributed by atoms with Crippen LogP contribution in [-0.2, 0) is 12.0 Å². The smallest absolute Gasteiger partial charge is 0.270 e. The van der Waals surface area contributed by atoms with Gasteiger partial charge < -0.3 is 15.5 Å². The van der Waals surface area contributed by atoms with Crippen molar-refractivity contribution in [2.24, 2.45) is 5.73 Å². The average molecular weight is 299 g/mol. The number of nitrogens with one attached hydrogen (secondary N) is 1. The summed E-state index contributed by atoms with van der Waals surface area (Å²) in [5.41, 5.74) is 7.00. The largest absolute Gasteiger partial charge is 0.446 e. The summed E-state index contributed by atoms with van der Waals surface area (Å²) in [4.78, 5) is 27.2. The highest BCUT2D eigenvalue weighted by Crippen LogP contribution is 2.48. The van der Waals surface area contributed by atoms with Gasteiger partial charge in [0, 0.05) is 5.56 Å². The summed E-state index contributed by atoms with van der Waals surface area (Å²) in [7, 11) is 0. The maximum atomic E-state index is 12.4. The minimum atomic E-state index is -0.659. The number of hydrogen-bond donors (Lipinski definition) is 2. The van der Waals surface area contributed by atoms with Crippen LogP contribution < -0.4 is 11.1 Å². The number of rotatable bonds is 5. The van der Waals surface area contributed by atoms with Crippen molar-refractivity contribution >= 4 is 11.8 Å². The number of aromatic nitrogens is 1. The van der Waals surface area contributed by atoms with E-state index in [-0.39, 0.29) is 29.5 Å². The van der Waals surface area contributed by atoms with E-state index in [0.717, 1.165) is 18.4 Å². The van der Waals surface area contributed by atoms with Gasteiger partial charge in [-0.2, -0.15) is 0 Å². The molecule has 22 heavy (non-hydrogen) atoms. The molecule has 114 valence electrons. The third-order valence-electron chi connectivity index (χ3n) is 4.03. The lowest BCUT2D eigenvalue weighted by molar-refractivity contribution is 0.0945. The van der Waals surface area contributed by atoms with Gasteiger partial charge in [0.05, 0.1) is 6.54 Å². The molecule has 1 aromatic heterocycles. The quantitative estimate of drug-likeness (QED) is 0.878. The van der Waals surface area contributed by atoms with E-state index in [2.05, 4.69) is 17.2 Å². The summed E-state index contributed by atoms with van der Waals surface area (Å²) in [6.07, 6.45) is 3.38. The molecule has 0 bridgehead atoms. The Balaban J connectivity index is 1.71. The van der Waals surface area contributed by atoms with E-state index in [0.29, 0.717) is 5.56 Å². The van der Waals surface area contributed by atoms with Gasteiger partial charge >= 0.3 is 0 Å². The normalized spacial score (nSPS) is 15.3. The Hall–Kier alpha value is -2.63. The highest BCUT2D eigenvalue weighted by molar-refractivity contribution is 5.96. The molecule has 6 heteroatoms. The van der Waals surface area contributed by atoms with Crippen molar-refractivity contribution in [2.45, 2.75) is 31.7 Å². The number of oxazole rings is 1. The zero-order valence-corrected chi connectivity index (χ0v) is 12.3. The minimum Gasteiger partial charge on any atom is -0.446 e. The van der Waals surface area contributed by atoms with Crippen molar-refractivity contribution < 1.29 is 14.0 Å². The molecule has 0 spiro atoms. The highest BCUT2D eigenvalue weighted by atomic mass is 16.3. The predicted molar refractivity (Wildman–Crippen MR) is 79.2 cm³/mol. The van der Waals surface area contributed by atoms with Crippen molar-refractivity contribution in [3.63, 3.8) is 0 Å². The molecule has 0 aliphatic heterocycles. The zero-order chi connectivity index (χ0) is 15.7. The molecule has 1 aliphatic carbocycles. The van der Waals surface area contributed by atoms with Gasteiger partial charge in [-0.15, -0.1) is 0 Å². The molecule has 6 nitrogen and oxygen atoms in total. The molecular formula is C16H17N3O3. The van der Waals surface area contributed by atoms with Crippen LogP contribution in [0.15, 0.2) is 34.9 Å². The van der Waals surface area contributed by atoms with E-state index in [1.54, 1.807) is 0 Å². The maximum Gasteiger partial charge on any atom is 0.270 e. The third kappa shape index (κ3) is 2.72. The number of hydrogen-bond acceptors (Lipinski definition) is 4. The van der Waals surface area contributed by atoms with Gasteiger partial charge in [-0.3, -0.25) is 9.59 Å². The molecule has 1 saturated carbocycles. The van der Waals surface area contributed by atoms with Gasteiger partial charge in [-0.25, -0.2) is 4.98 Å². The van der Waals surface area contributed by atoms with Crippen LogP contribution in [0.1, 0.15) is 52.1 Å². The van der Waals surface area contributed by atoms with Gasteiger partial charge in [0.2, 0.25) is 5.89 Å². The Morgan fingerprint density at radius 2 is 2.09 bits per heavy atom. The summed E-state index contributed by atoms with van der Waals surface area (Å²) in [5.74, 6) is -0.590. The van der Waals surface area contributed by atoms with Gasteiger partial charge in [0.25, 0.3) is 11.8 Å². The van der Waals surface area contributed by atoms with E-state index >= 15 is 0 Å².